The molecule has 0 bridgehead atoms. The van der Waals surface area contributed by atoms with Crippen molar-refractivity contribution in [1.82, 2.24) is 3.97 Å². The molecule has 1 aliphatic carbocycles. The first-order valence-corrected chi connectivity index (χ1v) is 8.95. The predicted octanol–water partition coefficient (Wildman–Crippen LogP) is 3.45. The highest BCUT2D eigenvalue weighted by Crippen LogP contribution is 2.39. The molecule has 0 saturated heterocycles. The second kappa shape index (κ2) is 5.84. The molecule has 21 heavy (non-hydrogen) atoms. The van der Waals surface area contributed by atoms with Gasteiger partial charge in [0, 0.05) is 24.8 Å². The first kappa shape index (κ1) is 14.6. The summed E-state index contributed by atoms with van der Waals surface area (Å²) < 4.78 is 15.0. The normalized spacial score (nSPS) is 30.0. The summed E-state index contributed by atoms with van der Waals surface area (Å²) in [6.45, 7) is 10.2. The second-order valence-electron chi connectivity index (χ2n) is 6.26. The summed E-state index contributed by atoms with van der Waals surface area (Å²) in [7, 11) is -0.992. The molecule has 2 heterocycles. The molecule has 3 unspecified atom stereocenters. The minimum Gasteiger partial charge on any atom is -0.353 e. The van der Waals surface area contributed by atoms with Crippen LogP contribution in [0.4, 0.5) is 5.82 Å². The molecule has 4 atom stereocenters. The summed E-state index contributed by atoms with van der Waals surface area (Å²) in [5.74, 6) is 2.16. The van der Waals surface area contributed by atoms with Crippen LogP contribution in [0.1, 0.15) is 32.3 Å². The van der Waals surface area contributed by atoms with E-state index >= 15 is 0 Å². The molecule has 3 nitrogen and oxygen atoms in total. The summed E-state index contributed by atoms with van der Waals surface area (Å²) in [5.41, 5.74) is 1.08. The van der Waals surface area contributed by atoms with Crippen molar-refractivity contribution in [3.05, 3.63) is 36.6 Å². The monoisotopic (exact) mass is 304 g/mol. The van der Waals surface area contributed by atoms with Crippen LogP contribution in [-0.2, 0) is 11.0 Å². The average molecular weight is 304 g/mol. The minimum absolute atomic E-state index is 0.272. The summed E-state index contributed by atoms with van der Waals surface area (Å²) in [6, 6.07) is 2.03. The molecule has 2 aliphatic rings. The minimum atomic E-state index is -0.992. The number of hydrogen-bond donors (Lipinski definition) is 0. The van der Waals surface area contributed by atoms with Gasteiger partial charge in [-0.05, 0) is 30.7 Å². The molecule has 1 saturated carbocycles. The maximum absolute atomic E-state index is 13.0. The average Bonchev–Trinajstić information content (AvgIpc) is 2.91. The Bertz CT molecular complexity index is 582. The van der Waals surface area contributed by atoms with Crippen molar-refractivity contribution in [2.75, 3.05) is 18.0 Å². The van der Waals surface area contributed by atoms with Crippen LogP contribution >= 0.6 is 0 Å². The Balaban J connectivity index is 1.95. The summed E-state index contributed by atoms with van der Waals surface area (Å²) in [6.07, 6.45) is 10.5. The quantitative estimate of drug-likeness (QED) is 0.796. The van der Waals surface area contributed by atoms with E-state index in [0.29, 0.717) is 11.8 Å². The predicted molar refractivity (Wildman–Crippen MR) is 90.8 cm³/mol. The van der Waals surface area contributed by atoms with Gasteiger partial charge in [-0.2, -0.15) is 0 Å². The van der Waals surface area contributed by atoms with Crippen LogP contribution in [0.3, 0.4) is 0 Å². The number of anilines is 1. The van der Waals surface area contributed by atoms with Crippen molar-refractivity contribution in [2.24, 2.45) is 11.8 Å². The van der Waals surface area contributed by atoms with Crippen molar-refractivity contribution in [3.63, 3.8) is 0 Å². The number of rotatable bonds is 4. The Morgan fingerprint density at radius 3 is 2.67 bits per heavy atom. The molecule has 0 N–H and O–H groups in total. The van der Waals surface area contributed by atoms with Crippen molar-refractivity contribution >= 4 is 22.9 Å². The maximum Gasteiger partial charge on any atom is 0.128 e. The summed E-state index contributed by atoms with van der Waals surface area (Å²) in [4.78, 5) is 2.31. The van der Waals surface area contributed by atoms with E-state index in [4.69, 9.17) is 0 Å². The van der Waals surface area contributed by atoms with Gasteiger partial charge in [0.05, 0.1) is 5.25 Å². The zero-order valence-corrected chi connectivity index (χ0v) is 13.7. The van der Waals surface area contributed by atoms with Crippen molar-refractivity contribution < 1.29 is 4.21 Å². The van der Waals surface area contributed by atoms with Crippen molar-refractivity contribution in [3.8, 4) is 0 Å². The van der Waals surface area contributed by atoms with Gasteiger partial charge >= 0.3 is 0 Å². The second-order valence-corrected chi connectivity index (χ2v) is 7.75. The molecule has 0 spiro atoms. The first-order chi connectivity index (χ1) is 10.1. The van der Waals surface area contributed by atoms with Gasteiger partial charge in [-0.3, -0.25) is 3.97 Å². The third-order valence-electron chi connectivity index (χ3n) is 4.73. The van der Waals surface area contributed by atoms with Gasteiger partial charge in [0.25, 0.3) is 0 Å². The Hall–Kier alpha value is -1.29. The van der Waals surface area contributed by atoms with Gasteiger partial charge in [0.15, 0.2) is 0 Å². The largest absolute Gasteiger partial charge is 0.353 e. The molecular weight excluding hydrogens is 280 g/mol. The Morgan fingerprint density at radius 2 is 2.10 bits per heavy atom. The lowest BCUT2D eigenvalue weighted by Gasteiger charge is -2.40. The van der Waals surface area contributed by atoms with Crippen LogP contribution < -0.4 is 4.90 Å². The lowest BCUT2D eigenvalue weighted by molar-refractivity contribution is 0.242. The number of nitrogens with zero attached hydrogens (tertiary/aromatic N) is 2. The zero-order valence-electron chi connectivity index (χ0n) is 12.9. The Kier molecular flexibility index (Phi) is 4.07. The van der Waals surface area contributed by atoms with E-state index in [1.54, 1.807) is 0 Å². The van der Waals surface area contributed by atoms with Crippen LogP contribution in [0.15, 0.2) is 31.0 Å². The smallest absolute Gasteiger partial charge is 0.128 e. The lowest BCUT2D eigenvalue weighted by Crippen LogP contribution is -2.44. The van der Waals surface area contributed by atoms with Crippen LogP contribution in [0.5, 0.6) is 0 Å². The highest BCUT2D eigenvalue weighted by Gasteiger charge is 2.40. The molecule has 3 rings (SSSR count). The lowest BCUT2D eigenvalue weighted by atomic mass is 9.77. The van der Waals surface area contributed by atoms with E-state index in [1.165, 1.54) is 6.42 Å². The van der Waals surface area contributed by atoms with Crippen molar-refractivity contribution in [1.29, 1.82) is 0 Å². The fourth-order valence-corrected chi connectivity index (χ4v) is 5.48. The van der Waals surface area contributed by atoms with E-state index < -0.39 is 11.0 Å². The summed E-state index contributed by atoms with van der Waals surface area (Å²) >= 11 is 0. The van der Waals surface area contributed by atoms with Gasteiger partial charge in [-0.1, -0.05) is 38.7 Å². The molecule has 1 aromatic rings. The van der Waals surface area contributed by atoms with Gasteiger partial charge in [0.1, 0.15) is 16.8 Å². The van der Waals surface area contributed by atoms with Gasteiger partial charge in [-0.25, -0.2) is 4.21 Å². The highest BCUT2D eigenvalue weighted by molar-refractivity contribution is 7.84. The third kappa shape index (κ3) is 2.50. The van der Waals surface area contributed by atoms with E-state index in [2.05, 4.69) is 37.5 Å². The van der Waals surface area contributed by atoms with Gasteiger partial charge < -0.3 is 4.90 Å². The fraction of sp³-hybridized carbons (Fsp3) is 0.529. The SMILES string of the molecule is C=Cc1ccn(S(=O)C2C(C)C[C@H]2C)c1N1CC=CCC1. The molecule has 0 aromatic carbocycles. The molecule has 1 aromatic heterocycles. The van der Waals surface area contributed by atoms with Gasteiger partial charge in [-0.15, -0.1) is 0 Å². The molecule has 1 fully saturated rings. The van der Waals surface area contributed by atoms with Crippen LogP contribution in [0.2, 0.25) is 0 Å². The van der Waals surface area contributed by atoms with E-state index in [0.717, 1.165) is 30.9 Å². The van der Waals surface area contributed by atoms with E-state index in [9.17, 15) is 4.21 Å². The Labute approximate surface area is 129 Å². The number of hydrogen-bond acceptors (Lipinski definition) is 2. The molecular formula is C17H24N2OS. The van der Waals surface area contributed by atoms with Crippen LogP contribution in [0.25, 0.3) is 6.08 Å². The third-order valence-corrected chi connectivity index (χ3v) is 6.80. The first-order valence-electron chi connectivity index (χ1n) is 7.78. The highest BCUT2D eigenvalue weighted by atomic mass is 32.2. The van der Waals surface area contributed by atoms with Gasteiger partial charge in [0.2, 0.25) is 0 Å². The standard InChI is InChI=1S/C17H24N2OS/c1-4-15-8-11-19(17(15)18-9-6-5-7-10-18)21(20)16-13(2)12-14(16)3/h4-6,8,11,13-14,16H,1,7,9-10,12H2,2-3H3/t13-,14?,16?,21?/m1/s1. The molecule has 4 heteroatoms. The fourth-order valence-electron chi connectivity index (χ4n) is 3.63. The maximum atomic E-state index is 13.0. The molecule has 114 valence electrons. The van der Waals surface area contributed by atoms with E-state index in [1.807, 2.05) is 22.3 Å². The zero-order chi connectivity index (χ0) is 15.0. The van der Waals surface area contributed by atoms with Crippen LogP contribution in [-0.4, -0.2) is 26.5 Å². The molecule has 1 aliphatic heterocycles. The number of aromatic nitrogens is 1. The summed E-state index contributed by atoms with van der Waals surface area (Å²) in [5, 5.41) is 0.272. The molecule has 0 amide bonds. The van der Waals surface area contributed by atoms with E-state index in [-0.39, 0.29) is 5.25 Å². The topological polar surface area (TPSA) is 25.2 Å². The van der Waals surface area contributed by atoms with Crippen molar-refractivity contribution in [2.45, 2.75) is 31.9 Å². The molecule has 0 radical (unpaired) electrons. The van der Waals surface area contributed by atoms with Crippen LogP contribution in [0, 0.1) is 11.8 Å². The Morgan fingerprint density at radius 1 is 1.33 bits per heavy atom.